The van der Waals surface area contributed by atoms with E-state index in [1.807, 2.05) is 12.1 Å². The maximum absolute atomic E-state index is 12.9. The van der Waals surface area contributed by atoms with E-state index in [0.717, 1.165) is 16.7 Å². The molecule has 1 N–H and O–H groups in total. The van der Waals surface area contributed by atoms with E-state index < -0.39 is 23.5 Å². The van der Waals surface area contributed by atoms with E-state index in [1.165, 1.54) is 7.11 Å². The highest BCUT2D eigenvalue weighted by Crippen LogP contribution is 2.34. The molecule has 0 saturated heterocycles. The molecule has 0 spiro atoms. The second-order valence-corrected chi connectivity index (χ2v) is 8.51. The molecule has 0 fully saturated rings. The molecule has 0 aliphatic heterocycles. The highest BCUT2D eigenvalue weighted by molar-refractivity contribution is 7.18. The van der Waals surface area contributed by atoms with Gasteiger partial charge >= 0.3 is 17.6 Å². The number of rotatable bonds is 6. The van der Waals surface area contributed by atoms with Gasteiger partial charge in [-0.25, -0.2) is 14.4 Å². The molecule has 0 saturated carbocycles. The Balaban J connectivity index is 1.63. The molecule has 2 heterocycles. The standard InChI is InChI=1S/C26H21NO7S/c1-4-33-25(30)20-14(2)21(26(31)32-3)35-23(20)27-22(28)16-11-9-15(10-12-16)18-13-17-7-5-6-8-19(17)34-24(18)29/h5-13H,4H2,1-3H3,(H,27,28). The fraction of sp³-hybridized carbons (Fsp3) is 0.154. The zero-order valence-electron chi connectivity index (χ0n) is 19.2. The van der Waals surface area contributed by atoms with Crippen LogP contribution >= 0.6 is 11.3 Å². The van der Waals surface area contributed by atoms with Crippen LogP contribution in [0.5, 0.6) is 0 Å². The van der Waals surface area contributed by atoms with Crippen LogP contribution in [0.25, 0.3) is 22.1 Å². The zero-order valence-corrected chi connectivity index (χ0v) is 20.0. The largest absolute Gasteiger partial charge is 0.465 e. The Hall–Kier alpha value is -4.24. The quantitative estimate of drug-likeness (QED) is 0.297. The molecular weight excluding hydrogens is 470 g/mol. The van der Waals surface area contributed by atoms with Crippen molar-refractivity contribution in [1.29, 1.82) is 0 Å². The Bertz CT molecular complexity index is 1500. The summed E-state index contributed by atoms with van der Waals surface area (Å²) in [7, 11) is 1.24. The van der Waals surface area contributed by atoms with Crippen molar-refractivity contribution in [1.82, 2.24) is 0 Å². The van der Waals surface area contributed by atoms with Crippen LogP contribution in [0.1, 0.15) is 42.9 Å². The Kier molecular flexibility index (Phi) is 6.79. The van der Waals surface area contributed by atoms with E-state index in [-0.39, 0.29) is 22.0 Å². The molecule has 0 unspecified atom stereocenters. The van der Waals surface area contributed by atoms with Crippen molar-refractivity contribution >= 4 is 45.2 Å². The van der Waals surface area contributed by atoms with Crippen molar-refractivity contribution < 1.29 is 28.3 Å². The van der Waals surface area contributed by atoms with Crippen molar-refractivity contribution in [2.45, 2.75) is 13.8 Å². The van der Waals surface area contributed by atoms with Gasteiger partial charge in [0.2, 0.25) is 0 Å². The van der Waals surface area contributed by atoms with Gasteiger partial charge in [0.15, 0.2) is 0 Å². The van der Waals surface area contributed by atoms with E-state index in [4.69, 9.17) is 13.9 Å². The number of nitrogens with one attached hydrogen (secondary N) is 1. The number of ether oxygens (including phenoxy) is 2. The van der Waals surface area contributed by atoms with Crippen LogP contribution < -0.4 is 10.9 Å². The highest BCUT2D eigenvalue weighted by atomic mass is 32.1. The Labute approximate surface area is 204 Å². The monoisotopic (exact) mass is 491 g/mol. The third-order valence-electron chi connectivity index (χ3n) is 5.32. The summed E-state index contributed by atoms with van der Waals surface area (Å²) >= 11 is 0.938. The van der Waals surface area contributed by atoms with E-state index in [0.29, 0.717) is 27.8 Å². The van der Waals surface area contributed by atoms with Crippen molar-refractivity contribution in [3.05, 3.63) is 86.6 Å². The fourth-order valence-electron chi connectivity index (χ4n) is 3.58. The maximum atomic E-state index is 12.9. The lowest BCUT2D eigenvalue weighted by Crippen LogP contribution is -2.15. The molecule has 9 heteroatoms. The maximum Gasteiger partial charge on any atom is 0.348 e. The van der Waals surface area contributed by atoms with E-state index in [9.17, 15) is 19.2 Å². The molecule has 2 aromatic carbocycles. The number of hydrogen-bond donors (Lipinski definition) is 1. The topological polar surface area (TPSA) is 112 Å². The second-order valence-electron chi connectivity index (χ2n) is 7.49. The van der Waals surface area contributed by atoms with Crippen LogP contribution in [0.15, 0.2) is 63.8 Å². The Morgan fingerprint density at radius 3 is 2.43 bits per heavy atom. The molecule has 1 amide bonds. The van der Waals surface area contributed by atoms with Gasteiger partial charge < -0.3 is 19.2 Å². The first kappa shape index (κ1) is 23.9. The van der Waals surface area contributed by atoms with E-state index in [1.54, 1.807) is 56.3 Å². The molecule has 0 aliphatic carbocycles. The minimum atomic E-state index is -0.648. The summed E-state index contributed by atoms with van der Waals surface area (Å²) < 4.78 is 15.3. The number of methoxy groups -OCH3 is 1. The van der Waals surface area contributed by atoms with Gasteiger partial charge in [-0.1, -0.05) is 30.3 Å². The van der Waals surface area contributed by atoms with Gasteiger partial charge in [0.1, 0.15) is 15.5 Å². The van der Waals surface area contributed by atoms with Gasteiger partial charge in [0.05, 0.1) is 24.8 Å². The molecule has 4 aromatic rings. The molecular formula is C26H21NO7S. The van der Waals surface area contributed by atoms with Crippen LogP contribution in [0.4, 0.5) is 5.00 Å². The van der Waals surface area contributed by atoms with E-state index >= 15 is 0 Å². The van der Waals surface area contributed by atoms with Crippen LogP contribution in [0.2, 0.25) is 0 Å². The number of benzene rings is 2. The van der Waals surface area contributed by atoms with Gasteiger partial charge in [-0.2, -0.15) is 0 Å². The van der Waals surface area contributed by atoms with Gasteiger partial charge in [0, 0.05) is 10.9 Å². The van der Waals surface area contributed by atoms with Crippen molar-refractivity contribution in [2.75, 3.05) is 19.0 Å². The predicted octanol–water partition coefficient (Wildman–Crippen LogP) is 5.05. The van der Waals surface area contributed by atoms with Gasteiger partial charge in [-0.05, 0) is 49.2 Å². The molecule has 4 rings (SSSR count). The Morgan fingerprint density at radius 1 is 1.03 bits per heavy atom. The number of para-hydroxylation sites is 1. The molecule has 0 atom stereocenters. The summed E-state index contributed by atoms with van der Waals surface area (Å²) in [4.78, 5) is 50.2. The summed E-state index contributed by atoms with van der Waals surface area (Å²) in [5, 5.41) is 3.66. The summed E-state index contributed by atoms with van der Waals surface area (Å²) in [5.41, 5.74) is 1.74. The first-order chi connectivity index (χ1) is 16.8. The van der Waals surface area contributed by atoms with Gasteiger partial charge in [0.25, 0.3) is 5.91 Å². The summed E-state index contributed by atoms with van der Waals surface area (Å²) in [6.07, 6.45) is 0. The summed E-state index contributed by atoms with van der Waals surface area (Å²) in [6.45, 7) is 3.39. The molecule has 8 nitrogen and oxygen atoms in total. The van der Waals surface area contributed by atoms with Crippen LogP contribution in [-0.2, 0) is 9.47 Å². The number of hydrogen-bond acceptors (Lipinski definition) is 8. The highest BCUT2D eigenvalue weighted by Gasteiger charge is 2.27. The molecule has 0 radical (unpaired) electrons. The average Bonchev–Trinajstić information content (AvgIpc) is 3.18. The first-order valence-corrected chi connectivity index (χ1v) is 11.5. The first-order valence-electron chi connectivity index (χ1n) is 10.7. The molecule has 2 aromatic heterocycles. The van der Waals surface area contributed by atoms with Crippen LogP contribution in [0, 0.1) is 6.92 Å². The average molecular weight is 492 g/mol. The number of amides is 1. The molecule has 178 valence electrons. The van der Waals surface area contributed by atoms with Crippen molar-refractivity contribution in [3.8, 4) is 11.1 Å². The van der Waals surface area contributed by atoms with Crippen LogP contribution in [0.3, 0.4) is 0 Å². The van der Waals surface area contributed by atoms with Crippen LogP contribution in [-0.4, -0.2) is 31.6 Å². The lowest BCUT2D eigenvalue weighted by atomic mass is 10.0. The minimum Gasteiger partial charge on any atom is -0.465 e. The smallest absolute Gasteiger partial charge is 0.348 e. The molecule has 0 aliphatic rings. The van der Waals surface area contributed by atoms with Gasteiger partial charge in [-0.3, -0.25) is 4.79 Å². The summed E-state index contributed by atoms with van der Waals surface area (Å²) in [5.74, 6) is -1.76. The normalized spacial score (nSPS) is 10.7. The lowest BCUT2D eigenvalue weighted by Gasteiger charge is -2.08. The number of esters is 2. The predicted molar refractivity (Wildman–Crippen MR) is 132 cm³/mol. The summed E-state index contributed by atoms with van der Waals surface area (Å²) in [6, 6.07) is 15.3. The van der Waals surface area contributed by atoms with Gasteiger partial charge in [-0.15, -0.1) is 11.3 Å². The van der Waals surface area contributed by atoms with Crippen molar-refractivity contribution in [3.63, 3.8) is 0 Å². The zero-order chi connectivity index (χ0) is 25.1. The number of anilines is 1. The third kappa shape index (κ3) is 4.71. The lowest BCUT2D eigenvalue weighted by molar-refractivity contribution is 0.0527. The number of thiophene rings is 1. The molecule has 35 heavy (non-hydrogen) atoms. The Morgan fingerprint density at radius 2 is 1.74 bits per heavy atom. The second kappa shape index (κ2) is 9.94. The van der Waals surface area contributed by atoms with E-state index in [2.05, 4.69) is 5.32 Å². The number of carbonyl (C=O) groups is 3. The fourth-order valence-corrected chi connectivity index (χ4v) is 4.69. The number of fused-ring (bicyclic) bond motifs is 1. The number of carbonyl (C=O) groups excluding carboxylic acids is 3. The third-order valence-corrected chi connectivity index (χ3v) is 6.51. The molecule has 0 bridgehead atoms. The van der Waals surface area contributed by atoms with Crippen molar-refractivity contribution in [2.24, 2.45) is 0 Å². The minimum absolute atomic E-state index is 0.107. The SMILES string of the molecule is CCOC(=O)c1c(NC(=O)c2ccc(-c3cc4ccccc4oc3=O)cc2)sc(C(=O)OC)c1C.